The number of hydrogen-bond acceptors (Lipinski definition) is 3. The molecule has 0 unspecified atom stereocenters. The molecule has 20 heavy (non-hydrogen) atoms. The number of nitrogens with zero attached hydrogens (tertiary/aromatic N) is 1. The lowest BCUT2D eigenvalue weighted by Gasteiger charge is -2.37. The van der Waals surface area contributed by atoms with Crippen LogP contribution in [0.5, 0.6) is 5.75 Å². The highest BCUT2D eigenvalue weighted by Crippen LogP contribution is 2.26. The van der Waals surface area contributed by atoms with Gasteiger partial charge in [-0.15, -0.1) is 0 Å². The van der Waals surface area contributed by atoms with Crippen LogP contribution in [-0.4, -0.2) is 41.6 Å². The van der Waals surface area contributed by atoms with Gasteiger partial charge in [0.1, 0.15) is 5.75 Å². The molecule has 0 bridgehead atoms. The van der Waals surface area contributed by atoms with Crippen molar-refractivity contribution in [3.63, 3.8) is 0 Å². The lowest BCUT2D eigenvalue weighted by molar-refractivity contribution is -0.144. The summed E-state index contributed by atoms with van der Waals surface area (Å²) in [5, 5.41) is 9.20. The van der Waals surface area contributed by atoms with E-state index in [0.717, 1.165) is 6.42 Å². The van der Waals surface area contributed by atoms with Crippen molar-refractivity contribution in [2.75, 3.05) is 13.7 Å². The Bertz CT molecular complexity index is 514. The number of methoxy groups -OCH3 is 1. The number of piperidine rings is 1. The van der Waals surface area contributed by atoms with E-state index >= 15 is 0 Å². The molecule has 0 radical (unpaired) electrons. The molecule has 2 rings (SSSR count). The van der Waals surface area contributed by atoms with Crippen LogP contribution in [0, 0.1) is 5.92 Å². The summed E-state index contributed by atoms with van der Waals surface area (Å²) in [6.45, 7) is 2.40. The van der Waals surface area contributed by atoms with Crippen molar-refractivity contribution in [1.82, 2.24) is 4.90 Å². The number of amides is 1. The van der Waals surface area contributed by atoms with Gasteiger partial charge in [0.25, 0.3) is 5.91 Å². The second-order valence-electron chi connectivity index (χ2n) is 5.06. The minimum atomic E-state index is -0.833. The van der Waals surface area contributed by atoms with Crippen LogP contribution < -0.4 is 4.74 Å². The molecule has 1 aromatic carbocycles. The van der Waals surface area contributed by atoms with E-state index in [9.17, 15) is 14.7 Å². The number of carbonyl (C=O) groups is 2. The van der Waals surface area contributed by atoms with Gasteiger partial charge in [-0.25, -0.2) is 0 Å². The predicted molar refractivity (Wildman–Crippen MR) is 73.9 cm³/mol. The summed E-state index contributed by atoms with van der Waals surface area (Å²) in [4.78, 5) is 25.4. The average molecular weight is 277 g/mol. The third kappa shape index (κ3) is 2.76. The van der Waals surface area contributed by atoms with E-state index in [0.29, 0.717) is 24.3 Å². The van der Waals surface area contributed by atoms with E-state index in [1.54, 1.807) is 43.2 Å². The number of carbonyl (C=O) groups excluding carboxylic acids is 1. The lowest BCUT2D eigenvalue weighted by Crippen LogP contribution is -2.49. The molecule has 1 amide bonds. The Hall–Kier alpha value is -2.04. The number of benzene rings is 1. The summed E-state index contributed by atoms with van der Waals surface area (Å²) >= 11 is 0. The first-order valence-electron chi connectivity index (χ1n) is 6.72. The van der Waals surface area contributed by atoms with Crippen molar-refractivity contribution < 1.29 is 19.4 Å². The Balaban J connectivity index is 2.21. The topological polar surface area (TPSA) is 66.8 Å². The van der Waals surface area contributed by atoms with Crippen LogP contribution in [0.25, 0.3) is 0 Å². The van der Waals surface area contributed by atoms with Gasteiger partial charge in [-0.2, -0.15) is 0 Å². The number of likely N-dealkylation sites (tertiary alicyclic amines) is 1. The normalized spacial score (nSPS) is 22.4. The highest BCUT2D eigenvalue weighted by atomic mass is 16.5. The van der Waals surface area contributed by atoms with E-state index in [-0.39, 0.29) is 11.9 Å². The number of aliphatic carboxylic acids is 1. The Morgan fingerprint density at radius 2 is 2.15 bits per heavy atom. The van der Waals surface area contributed by atoms with Crippen LogP contribution in [0.15, 0.2) is 24.3 Å². The molecule has 5 heteroatoms. The molecule has 1 aliphatic heterocycles. The molecule has 5 nitrogen and oxygen atoms in total. The van der Waals surface area contributed by atoms with Gasteiger partial charge >= 0.3 is 5.97 Å². The zero-order valence-electron chi connectivity index (χ0n) is 11.7. The van der Waals surface area contributed by atoms with Crippen LogP contribution in [0.2, 0.25) is 0 Å². The van der Waals surface area contributed by atoms with Crippen molar-refractivity contribution in [2.24, 2.45) is 5.92 Å². The molecule has 1 aliphatic rings. The number of carboxylic acid groups (broad SMARTS) is 1. The van der Waals surface area contributed by atoms with E-state index in [2.05, 4.69) is 0 Å². The van der Waals surface area contributed by atoms with E-state index in [1.807, 2.05) is 0 Å². The van der Waals surface area contributed by atoms with Crippen LogP contribution in [0.3, 0.4) is 0 Å². The molecule has 1 heterocycles. The van der Waals surface area contributed by atoms with Gasteiger partial charge in [0.05, 0.1) is 13.0 Å². The highest BCUT2D eigenvalue weighted by Gasteiger charge is 2.35. The zero-order chi connectivity index (χ0) is 14.7. The largest absolute Gasteiger partial charge is 0.497 e. The molecule has 1 N–H and O–H groups in total. The summed E-state index contributed by atoms with van der Waals surface area (Å²) in [6.07, 6.45) is 1.34. The maximum Gasteiger partial charge on any atom is 0.308 e. The van der Waals surface area contributed by atoms with Crippen molar-refractivity contribution in [3.8, 4) is 5.75 Å². The predicted octanol–water partition coefficient (Wildman–Crippen LogP) is 2.02. The number of hydrogen-bond donors (Lipinski definition) is 1. The van der Waals surface area contributed by atoms with Gasteiger partial charge in [-0.05, 0) is 38.0 Å². The van der Waals surface area contributed by atoms with Crippen LogP contribution in [0.1, 0.15) is 30.1 Å². The summed E-state index contributed by atoms with van der Waals surface area (Å²) < 4.78 is 5.11. The summed E-state index contributed by atoms with van der Waals surface area (Å²) in [6, 6.07) is 6.65. The van der Waals surface area contributed by atoms with Crippen molar-refractivity contribution in [3.05, 3.63) is 29.8 Å². The van der Waals surface area contributed by atoms with Gasteiger partial charge in [0, 0.05) is 18.2 Å². The van der Waals surface area contributed by atoms with Crippen molar-refractivity contribution in [1.29, 1.82) is 0 Å². The van der Waals surface area contributed by atoms with Crippen molar-refractivity contribution in [2.45, 2.75) is 25.8 Å². The van der Waals surface area contributed by atoms with Gasteiger partial charge in [0.2, 0.25) is 0 Å². The molecule has 2 atom stereocenters. The standard InChI is InChI=1S/C15H19NO4/c1-10-13(15(18)19)7-4-8-16(10)14(17)11-5-3-6-12(9-11)20-2/h3,5-6,9-10,13H,4,7-8H2,1-2H3,(H,18,19)/t10-,13-/m0/s1. The monoisotopic (exact) mass is 277 g/mol. The van der Waals surface area contributed by atoms with Gasteiger partial charge in [-0.1, -0.05) is 6.07 Å². The molecular formula is C15H19NO4. The van der Waals surface area contributed by atoms with Gasteiger partial charge in [-0.3, -0.25) is 9.59 Å². The molecule has 0 aromatic heterocycles. The molecular weight excluding hydrogens is 258 g/mol. The number of rotatable bonds is 3. The van der Waals surface area contributed by atoms with E-state index < -0.39 is 11.9 Å². The van der Waals surface area contributed by atoms with Crippen LogP contribution in [0.4, 0.5) is 0 Å². The minimum absolute atomic E-state index is 0.137. The second-order valence-corrected chi connectivity index (χ2v) is 5.06. The van der Waals surface area contributed by atoms with Gasteiger partial charge in [0.15, 0.2) is 0 Å². The Morgan fingerprint density at radius 3 is 2.80 bits per heavy atom. The highest BCUT2D eigenvalue weighted by molar-refractivity contribution is 5.95. The summed E-state index contributed by atoms with van der Waals surface area (Å²) in [5.74, 6) is -0.836. The third-order valence-electron chi connectivity index (χ3n) is 3.88. The SMILES string of the molecule is COc1cccc(C(=O)N2CCC[C@H](C(=O)O)[C@@H]2C)c1. The average Bonchev–Trinajstić information content (AvgIpc) is 2.46. The van der Waals surface area contributed by atoms with E-state index in [1.165, 1.54) is 0 Å². The lowest BCUT2D eigenvalue weighted by atomic mass is 9.90. The molecule has 108 valence electrons. The fourth-order valence-corrected chi connectivity index (χ4v) is 2.68. The second kappa shape index (κ2) is 5.94. The van der Waals surface area contributed by atoms with E-state index in [4.69, 9.17) is 4.74 Å². The Labute approximate surface area is 118 Å². The van der Waals surface area contributed by atoms with Crippen LogP contribution >= 0.6 is 0 Å². The quantitative estimate of drug-likeness (QED) is 0.918. The summed E-state index contributed by atoms with van der Waals surface area (Å²) in [7, 11) is 1.55. The maximum atomic E-state index is 12.5. The first-order chi connectivity index (χ1) is 9.54. The molecule has 1 saturated heterocycles. The molecule has 1 aromatic rings. The molecule has 1 fully saturated rings. The fraction of sp³-hybridized carbons (Fsp3) is 0.467. The Morgan fingerprint density at radius 1 is 1.40 bits per heavy atom. The Kier molecular flexibility index (Phi) is 4.27. The smallest absolute Gasteiger partial charge is 0.308 e. The van der Waals surface area contributed by atoms with Gasteiger partial charge < -0.3 is 14.7 Å². The van der Waals surface area contributed by atoms with Crippen molar-refractivity contribution >= 4 is 11.9 Å². The van der Waals surface area contributed by atoms with Crippen LogP contribution in [-0.2, 0) is 4.79 Å². The first kappa shape index (κ1) is 14.4. The summed E-state index contributed by atoms with van der Waals surface area (Å²) in [5.41, 5.74) is 0.530. The zero-order valence-corrected chi connectivity index (χ0v) is 11.7. The molecule has 0 spiro atoms. The maximum absolute atomic E-state index is 12.5. The number of ether oxygens (including phenoxy) is 1. The number of carboxylic acids is 1. The fourth-order valence-electron chi connectivity index (χ4n) is 2.68. The first-order valence-corrected chi connectivity index (χ1v) is 6.72. The molecule has 0 aliphatic carbocycles. The molecule has 0 saturated carbocycles. The third-order valence-corrected chi connectivity index (χ3v) is 3.88. The minimum Gasteiger partial charge on any atom is -0.497 e.